The van der Waals surface area contributed by atoms with Gasteiger partial charge in [-0.3, -0.25) is 4.79 Å². The van der Waals surface area contributed by atoms with Crippen LogP contribution in [0.2, 0.25) is 0 Å². The third-order valence-corrected chi connectivity index (χ3v) is 6.12. The van der Waals surface area contributed by atoms with E-state index in [1.165, 1.54) is 16.8 Å². The van der Waals surface area contributed by atoms with E-state index in [9.17, 15) is 18.0 Å². The van der Waals surface area contributed by atoms with Crippen molar-refractivity contribution in [3.63, 3.8) is 0 Å². The Bertz CT molecular complexity index is 729. The van der Waals surface area contributed by atoms with Crippen molar-refractivity contribution in [3.05, 3.63) is 43.5 Å². The third kappa shape index (κ3) is 4.16. The van der Waals surface area contributed by atoms with Crippen molar-refractivity contribution < 1.29 is 18.0 Å². The zero-order valence-electron chi connectivity index (χ0n) is 11.5. The Morgan fingerprint density at radius 1 is 1.22 bits per heavy atom. The number of anilines is 1. The van der Waals surface area contributed by atoms with Crippen LogP contribution < -0.4 is 5.32 Å². The third-order valence-electron chi connectivity index (χ3n) is 2.98. The summed E-state index contributed by atoms with van der Waals surface area (Å²) in [4.78, 5) is 12.2. The van der Waals surface area contributed by atoms with E-state index < -0.39 is 23.7 Å². The summed E-state index contributed by atoms with van der Waals surface area (Å²) in [7, 11) is 0. The van der Waals surface area contributed by atoms with Crippen LogP contribution in [0.25, 0.3) is 0 Å². The first kappa shape index (κ1) is 18.5. The fourth-order valence-corrected chi connectivity index (χ4v) is 3.18. The molecule has 1 N–H and O–H groups in total. The summed E-state index contributed by atoms with van der Waals surface area (Å²) < 4.78 is 40.7. The lowest BCUT2D eigenvalue weighted by molar-refractivity contribution is -0.137. The fourth-order valence-electron chi connectivity index (χ4n) is 1.72. The summed E-state index contributed by atoms with van der Waals surface area (Å²) in [6, 6.07) is 3.57. The number of alkyl halides is 3. The van der Waals surface area contributed by atoms with Crippen LogP contribution in [0.3, 0.4) is 0 Å². The molecule has 124 valence electrons. The summed E-state index contributed by atoms with van der Waals surface area (Å²) in [5.41, 5.74) is -0.498. The van der Waals surface area contributed by atoms with Crippen LogP contribution in [0.1, 0.15) is 18.5 Å². The lowest BCUT2D eigenvalue weighted by Crippen LogP contribution is -2.24. The largest absolute Gasteiger partial charge is 0.416 e. The number of hydrogen-bond acceptors (Lipinski definition) is 2. The van der Waals surface area contributed by atoms with Crippen LogP contribution in [0, 0.1) is 0 Å². The zero-order chi connectivity index (χ0) is 17.4. The number of amides is 1. The molecule has 0 radical (unpaired) electrons. The van der Waals surface area contributed by atoms with Gasteiger partial charge in [-0.25, -0.2) is 4.68 Å². The topological polar surface area (TPSA) is 46.9 Å². The number of nitrogens with one attached hydrogen (secondary N) is 1. The van der Waals surface area contributed by atoms with Gasteiger partial charge in [-0.15, -0.1) is 0 Å². The van der Waals surface area contributed by atoms with E-state index in [-0.39, 0.29) is 5.69 Å². The molecule has 0 saturated heterocycles. The summed E-state index contributed by atoms with van der Waals surface area (Å²) in [5, 5.41) is 6.70. The fraction of sp³-hybridized carbons (Fsp3) is 0.231. The molecule has 0 saturated carbocycles. The zero-order valence-corrected chi connectivity index (χ0v) is 16.2. The van der Waals surface area contributed by atoms with E-state index in [0.29, 0.717) is 13.7 Å². The van der Waals surface area contributed by atoms with Gasteiger partial charge in [0.1, 0.15) is 15.2 Å². The van der Waals surface area contributed by atoms with E-state index in [0.717, 1.165) is 12.1 Å². The quantitative estimate of drug-likeness (QED) is 0.591. The Hall–Kier alpha value is -0.870. The maximum Gasteiger partial charge on any atom is 0.416 e. The standard InChI is InChI=1S/C13H9Br3F3N3O/c1-6(22-11(16)9(14)10(15)21-22)12(23)20-8-4-2-7(3-5-8)13(17,18)19/h2-6H,1H3,(H,20,23). The van der Waals surface area contributed by atoms with Crippen molar-refractivity contribution in [1.82, 2.24) is 9.78 Å². The lowest BCUT2D eigenvalue weighted by Gasteiger charge is -2.14. The molecule has 0 aliphatic carbocycles. The maximum absolute atomic E-state index is 12.5. The molecular weight excluding hydrogens is 511 g/mol. The minimum Gasteiger partial charge on any atom is -0.324 e. The highest BCUT2D eigenvalue weighted by molar-refractivity contribution is 9.14. The van der Waals surface area contributed by atoms with Crippen molar-refractivity contribution in [1.29, 1.82) is 0 Å². The smallest absolute Gasteiger partial charge is 0.324 e. The monoisotopic (exact) mass is 517 g/mol. The second-order valence-corrected chi connectivity index (χ2v) is 6.88. The van der Waals surface area contributed by atoms with E-state index >= 15 is 0 Å². The van der Waals surface area contributed by atoms with Gasteiger partial charge in [-0.05, 0) is 79.0 Å². The number of rotatable bonds is 3. The summed E-state index contributed by atoms with van der Waals surface area (Å²) in [5.74, 6) is -0.409. The summed E-state index contributed by atoms with van der Waals surface area (Å²) in [6.45, 7) is 1.62. The number of halogens is 6. The Morgan fingerprint density at radius 3 is 2.22 bits per heavy atom. The first-order valence-electron chi connectivity index (χ1n) is 6.18. The first-order valence-corrected chi connectivity index (χ1v) is 8.56. The highest BCUT2D eigenvalue weighted by Crippen LogP contribution is 2.33. The van der Waals surface area contributed by atoms with Crippen LogP contribution in [-0.4, -0.2) is 15.7 Å². The predicted molar refractivity (Wildman–Crippen MR) is 90.1 cm³/mol. The number of benzene rings is 1. The molecule has 0 bridgehead atoms. The van der Waals surface area contributed by atoms with Crippen molar-refractivity contribution in [2.24, 2.45) is 0 Å². The van der Waals surface area contributed by atoms with Gasteiger partial charge in [0, 0.05) is 5.69 Å². The van der Waals surface area contributed by atoms with E-state index in [1.807, 2.05) is 0 Å². The number of carbonyl (C=O) groups excluding carboxylic acids is 1. The van der Waals surface area contributed by atoms with Gasteiger partial charge < -0.3 is 5.32 Å². The Morgan fingerprint density at radius 2 is 1.78 bits per heavy atom. The maximum atomic E-state index is 12.5. The number of nitrogens with zero attached hydrogens (tertiary/aromatic N) is 2. The highest BCUT2D eigenvalue weighted by atomic mass is 79.9. The Labute approximate surface area is 154 Å². The molecule has 1 unspecified atom stereocenters. The van der Waals surface area contributed by atoms with Crippen molar-refractivity contribution in [2.75, 3.05) is 5.32 Å². The van der Waals surface area contributed by atoms with Gasteiger partial charge in [0.25, 0.3) is 0 Å². The molecule has 0 aliphatic heterocycles. The van der Waals surface area contributed by atoms with E-state index in [1.54, 1.807) is 6.92 Å². The minimum atomic E-state index is -4.41. The molecule has 2 rings (SSSR count). The second-order valence-electron chi connectivity index (χ2n) is 4.58. The van der Waals surface area contributed by atoms with Gasteiger partial charge in [0.15, 0.2) is 0 Å². The van der Waals surface area contributed by atoms with Crippen molar-refractivity contribution >= 4 is 59.4 Å². The molecule has 1 atom stereocenters. The molecule has 4 nitrogen and oxygen atoms in total. The second kappa shape index (κ2) is 6.94. The van der Waals surface area contributed by atoms with Gasteiger partial charge in [-0.1, -0.05) is 0 Å². The molecule has 1 amide bonds. The van der Waals surface area contributed by atoms with Crippen molar-refractivity contribution in [3.8, 4) is 0 Å². The lowest BCUT2D eigenvalue weighted by atomic mass is 10.2. The van der Waals surface area contributed by atoms with Crippen LogP contribution in [-0.2, 0) is 11.0 Å². The van der Waals surface area contributed by atoms with Crippen molar-refractivity contribution in [2.45, 2.75) is 19.1 Å². The summed E-state index contributed by atoms with van der Waals surface area (Å²) >= 11 is 9.83. The normalized spacial score (nSPS) is 13.0. The first-order chi connectivity index (χ1) is 10.6. The van der Waals surface area contributed by atoms with Crippen LogP contribution >= 0.6 is 47.8 Å². The summed E-state index contributed by atoms with van der Waals surface area (Å²) in [6.07, 6.45) is -4.41. The van der Waals surface area contributed by atoms with Gasteiger partial charge in [-0.2, -0.15) is 18.3 Å². The number of carbonyl (C=O) groups is 1. The number of hydrogen-bond donors (Lipinski definition) is 1. The van der Waals surface area contributed by atoms with E-state index in [2.05, 4.69) is 58.2 Å². The molecule has 2 aromatic rings. The van der Waals surface area contributed by atoms with Crippen LogP contribution in [0.5, 0.6) is 0 Å². The minimum absolute atomic E-state index is 0.274. The SMILES string of the molecule is CC(C(=O)Nc1ccc(C(F)(F)F)cc1)n1nc(Br)c(Br)c1Br. The van der Waals surface area contributed by atoms with Gasteiger partial charge >= 0.3 is 6.18 Å². The van der Waals surface area contributed by atoms with Crippen LogP contribution in [0.4, 0.5) is 18.9 Å². The molecule has 0 fully saturated rings. The average molecular weight is 520 g/mol. The molecule has 10 heteroatoms. The molecule has 0 spiro atoms. The number of aromatic nitrogens is 2. The molecular formula is C13H9Br3F3N3O. The molecule has 1 heterocycles. The Kier molecular flexibility index (Phi) is 5.57. The van der Waals surface area contributed by atoms with E-state index in [4.69, 9.17) is 0 Å². The van der Waals surface area contributed by atoms with Gasteiger partial charge in [0.2, 0.25) is 5.91 Å². The predicted octanol–water partition coefficient (Wildman–Crippen LogP) is 5.39. The molecule has 0 aliphatic rings. The Balaban J connectivity index is 2.13. The molecule has 1 aromatic carbocycles. The molecule has 23 heavy (non-hydrogen) atoms. The highest BCUT2D eigenvalue weighted by Gasteiger charge is 2.30. The van der Waals surface area contributed by atoms with Crippen LogP contribution in [0.15, 0.2) is 37.9 Å². The molecule has 1 aromatic heterocycles. The average Bonchev–Trinajstić information content (AvgIpc) is 2.73. The van der Waals surface area contributed by atoms with Gasteiger partial charge in [0.05, 0.1) is 10.0 Å².